The standard InChI is InChI=1S/C13H14N2OS/c1-8-5-4-6-12(14-8)15-13(16)11-7-9(2)17-10(11)3/h4-7H,1-3H3,(H,14,15,16). The Labute approximate surface area is 105 Å². The van der Waals surface area contributed by atoms with E-state index in [-0.39, 0.29) is 5.91 Å². The molecule has 0 radical (unpaired) electrons. The van der Waals surface area contributed by atoms with Crippen LogP contribution in [-0.4, -0.2) is 10.9 Å². The van der Waals surface area contributed by atoms with Gasteiger partial charge in [-0.1, -0.05) is 6.07 Å². The normalized spacial score (nSPS) is 10.3. The minimum atomic E-state index is -0.0926. The maximum atomic E-state index is 12.0. The summed E-state index contributed by atoms with van der Waals surface area (Å²) in [5.74, 6) is 0.503. The molecule has 0 aromatic carbocycles. The van der Waals surface area contributed by atoms with Gasteiger partial charge in [0.25, 0.3) is 5.91 Å². The van der Waals surface area contributed by atoms with Crippen LogP contribution in [0.1, 0.15) is 25.8 Å². The minimum absolute atomic E-state index is 0.0926. The highest BCUT2D eigenvalue weighted by Gasteiger charge is 2.12. The van der Waals surface area contributed by atoms with E-state index in [4.69, 9.17) is 0 Å². The van der Waals surface area contributed by atoms with Gasteiger partial charge in [0.05, 0.1) is 5.56 Å². The summed E-state index contributed by atoms with van der Waals surface area (Å²) in [6.07, 6.45) is 0. The molecule has 0 fully saturated rings. The van der Waals surface area contributed by atoms with Gasteiger partial charge in [-0.25, -0.2) is 4.98 Å². The number of carbonyl (C=O) groups is 1. The number of amides is 1. The van der Waals surface area contributed by atoms with E-state index in [0.717, 1.165) is 21.0 Å². The zero-order chi connectivity index (χ0) is 12.4. The summed E-state index contributed by atoms with van der Waals surface area (Å²) in [6, 6.07) is 7.48. The second-order valence-electron chi connectivity index (χ2n) is 3.95. The lowest BCUT2D eigenvalue weighted by atomic mass is 10.2. The molecule has 0 saturated carbocycles. The number of anilines is 1. The van der Waals surface area contributed by atoms with Crippen molar-refractivity contribution in [1.82, 2.24) is 4.98 Å². The van der Waals surface area contributed by atoms with Crippen LogP contribution in [0.25, 0.3) is 0 Å². The number of aryl methyl sites for hydroxylation is 3. The smallest absolute Gasteiger partial charge is 0.257 e. The first-order valence-electron chi connectivity index (χ1n) is 5.38. The molecule has 0 atom stereocenters. The van der Waals surface area contributed by atoms with Gasteiger partial charge < -0.3 is 5.32 Å². The number of nitrogens with one attached hydrogen (secondary N) is 1. The Morgan fingerprint density at radius 1 is 1.29 bits per heavy atom. The van der Waals surface area contributed by atoms with Crippen LogP contribution in [-0.2, 0) is 0 Å². The van der Waals surface area contributed by atoms with Crippen molar-refractivity contribution in [3.05, 3.63) is 45.3 Å². The summed E-state index contributed by atoms with van der Waals surface area (Å²) >= 11 is 1.63. The molecule has 17 heavy (non-hydrogen) atoms. The summed E-state index contributed by atoms with van der Waals surface area (Å²) in [5, 5.41) is 2.81. The Morgan fingerprint density at radius 2 is 2.06 bits per heavy atom. The highest BCUT2D eigenvalue weighted by atomic mass is 32.1. The van der Waals surface area contributed by atoms with Gasteiger partial charge in [-0.15, -0.1) is 11.3 Å². The van der Waals surface area contributed by atoms with E-state index in [0.29, 0.717) is 5.82 Å². The highest BCUT2D eigenvalue weighted by molar-refractivity contribution is 7.12. The summed E-state index contributed by atoms with van der Waals surface area (Å²) in [6.45, 7) is 5.85. The summed E-state index contributed by atoms with van der Waals surface area (Å²) in [5.41, 5.74) is 1.62. The van der Waals surface area contributed by atoms with Crippen LogP contribution in [0.4, 0.5) is 5.82 Å². The van der Waals surface area contributed by atoms with Gasteiger partial charge in [0.1, 0.15) is 5.82 Å². The van der Waals surface area contributed by atoms with Crippen LogP contribution in [0.5, 0.6) is 0 Å². The van der Waals surface area contributed by atoms with Crippen LogP contribution < -0.4 is 5.32 Å². The number of thiophene rings is 1. The quantitative estimate of drug-likeness (QED) is 0.883. The van der Waals surface area contributed by atoms with Crippen molar-refractivity contribution in [2.45, 2.75) is 20.8 Å². The monoisotopic (exact) mass is 246 g/mol. The fourth-order valence-corrected chi connectivity index (χ4v) is 2.57. The molecule has 0 spiro atoms. The first-order valence-corrected chi connectivity index (χ1v) is 6.20. The third-order valence-electron chi connectivity index (χ3n) is 2.42. The fraction of sp³-hybridized carbons (Fsp3) is 0.231. The number of rotatable bonds is 2. The fourth-order valence-electron chi connectivity index (χ4n) is 1.65. The van der Waals surface area contributed by atoms with E-state index in [1.807, 2.05) is 39.0 Å². The third-order valence-corrected chi connectivity index (χ3v) is 3.38. The topological polar surface area (TPSA) is 42.0 Å². The molecule has 2 aromatic heterocycles. The second-order valence-corrected chi connectivity index (χ2v) is 5.41. The molecule has 0 saturated heterocycles. The molecule has 1 N–H and O–H groups in total. The minimum Gasteiger partial charge on any atom is -0.307 e. The lowest BCUT2D eigenvalue weighted by Gasteiger charge is -2.04. The number of aromatic nitrogens is 1. The SMILES string of the molecule is Cc1cccc(NC(=O)c2cc(C)sc2C)n1. The van der Waals surface area contributed by atoms with Crippen molar-refractivity contribution >= 4 is 23.1 Å². The van der Waals surface area contributed by atoms with Gasteiger partial charge in [0, 0.05) is 15.4 Å². The van der Waals surface area contributed by atoms with Crippen molar-refractivity contribution < 1.29 is 4.79 Å². The average molecular weight is 246 g/mol. The van der Waals surface area contributed by atoms with Gasteiger partial charge in [0.2, 0.25) is 0 Å². The molecule has 2 rings (SSSR count). The molecule has 0 aliphatic heterocycles. The molecule has 0 aliphatic carbocycles. The van der Waals surface area contributed by atoms with E-state index < -0.39 is 0 Å². The predicted octanol–water partition coefficient (Wildman–Crippen LogP) is 3.32. The summed E-state index contributed by atoms with van der Waals surface area (Å²) in [4.78, 5) is 18.4. The summed E-state index contributed by atoms with van der Waals surface area (Å²) < 4.78 is 0. The van der Waals surface area contributed by atoms with Crippen molar-refractivity contribution in [1.29, 1.82) is 0 Å². The molecule has 3 nitrogen and oxygen atoms in total. The predicted molar refractivity (Wildman–Crippen MR) is 70.7 cm³/mol. The summed E-state index contributed by atoms with van der Waals surface area (Å²) in [7, 11) is 0. The lowest BCUT2D eigenvalue weighted by Crippen LogP contribution is -2.13. The van der Waals surface area contributed by atoms with Gasteiger partial charge in [0.15, 0.2) is 0 Å². The molecule has 88 valence electrons. The molecule has 0 aliphatic rings. The molecule has 0 bridgehead atoms. The van der Waals surface area contributed by atoms with Gasteiger partial charge >= 0.3 is 0 Å². The number of carbonyl (C=O) groups excluding carboxylic acids is 1. The van der Waals surface area contributed by atoms with Gasteiger partial charge in [-0.3, -0.25) is 4.79 Å². The molecule has 0 unspecified atom stereocenters. The van der Waals surface area contributed by atoms with E-state index in [1.165, 1.54) is 0 Å². The number of hydrogen-bond donors (Lipinski definition) is 1. The number of nitrogens with zero attached hydrogens (tertiary/aromatic N) is 1. The zero-order valence-electron chi connectivity index (χ0n) is 10.1. The average Bonchev–Trinajstić information content (AvgIpc) is 2.58. The Bertz CT molecular complexity index is 560. The first-order chi connectivity index (χ1) is 8.06. The maximum Gasteiger partial charge on any atom is 0.257 e. The van der Waals surface area contributed by atoms with Crippen LogP contribution in [0.2, 0.25) is 0 Å². The third kappa shape index (κ3) is 2.71. The van der Waals surface area contributed by atoms with Gasteiger partial charge in [-0.05, 0) is 39.0 Å². The van der Waals surface area contributed by atoms with Crippen LogP contribution in [0.15, 0.2) is 24.3 Å². The van der Waals surface area contributed by atoms with Crippen LogP contribution in [0.3, 0.4) is 0 Å². The lowest BCUT2D eigenvalue weighted by molar-refractivity contribution is 0.102. The molecular formula is C13H14N2OS. The van der Waals surface area contributed by atoms with Crippen molar-refractivity contribution in [3.8, 4) is 0 Å². The molecular weight excluding hydrogens is 232 g/mol. The van der Waals surface area contributed by atoms with Crippen molar-refractivity contribution in [2.24, 2.45) is 0 Å². The molecule has 4 heteroatoms. The second kappa shape index (κ2) is 4.67. The Kier molecular flexibility index (Phi) is 3.24. The number of hydrogen-bond acceptors (Lipinski definition) is 3. The van der Waals surface area contributed by atoms with Crippen LogP contribution >= 0.6 is 11.3 Å². The zero-order valence-corrected chi connectivity index (χ0v) is 10.9. The maximum absolute atomic E-state index is 12.0. The Hall–Kier alpha value is -1.68. The van der Waals surface area contributed by atoms with Gasteiger partial charge in [-0.2, -0.15) is 0 Å². The van der Waals surface area contributed by atoms with E-state index in [2.05, 4.69) is 10.3 Å². The van der Waals surface area contributed by atoms with Crippen molar-refractivity contribution in [3.63, 3.8) is 0 Å². The molecule has 1 amide bonds. The van der Waals surface area contributed by atoms with E-state index in [9.17, 15) is 4.79 Å². The van der Waals surface area contributed by atoms with Crippen molar-refractivity contribution in [2.75, 3.05) is 5.32 Å². The number of pyridine rings is 1. The van der Waals surface area contributed by atoms with E-state index >= 15 is 0 Å². The van der Waals surface area contributed by atoms with E-state index in [1.54, 1.807) is 17.4 Å². The molecule has 2 aromatic rings. The van der Waals surface area contributed by atoms with Crippen LogP contribution in [0, 0.1) is 20.8 Å². The largest absolute Gasteiger partial charge is 0.307 e. The highest BCUT2D eigenvalue weighted by Crippen LogP contribution is 2.21. The Morgan fingerprint density at radius 3 is 2.65 bits per heavy atom. The first kappa shape index (κ1) is 11.8. The Balaban J connectivity index is 2.20. The molecule has 2 heterocycles.